The van der Waals surface area contributed by atoms with Crippen LogP contribution in [0.25, 0.3) is 0 Å². The van der Waals surface area contributed by atoms with Gasteiger partial charge in [-0.05, 0) is 25.0 Å². The molecule has 0 saturated heterocycles. The molecule has 1 atom stereocenters. The van der Waals surface area contributed by atoms with Crippen molar-refractivity contribution in [1.82, 2.24) is 16.0 Å². The van der Waals surface area contributed by atoms with Crippen molar-refractivity contribution >= 4 is 29.6 Å². The summed E-state index contributed by atoms with van der Waals surface area (Å²) in [5.41, 5.74) is 0.571. The van der Waals surface area contributed by atoms with Gasteiger partial charge in [0.25, 0.3) is 5.91 Å². The number of carbonyl (C=O) groups excluding carboxylic acids is 4. The highest BCUT2D eigenvalue weighted by atomic mass is 16.5. The fourth-order valence-corrected chi connectivity index (χ4v) is 1.92. The van der Waals surface area contributed by atoms with Gasteiger partial charge in [-0.2, -0.15) is 0 Å². The van der Waals surface area contributed by atoms with E-state index in [1.165, 1.54) is 0 Å². The van der Waals surface area contributed by atoms with Crippen LogP contribution in [0, 0.1) is 5.92 Å². The second kappa shape index (κ2) is 10.7. The molecule has 5 amide bonds. The first-order valence-corrected chi connectivity index (χ1v) is 8.20. The SMILES string of the molecule is CCNC(=O)NC(=O)COC(=O)[C@@H](NC(=O)Nc1ccccc1)C(C)C. The van der Waals surface area contributed by atoms with Gasteiger partial charge in [0.15, 0.2) is 6.61 Å². The first kappa shape index (κ1) is 20.9. The van der Waals surface area contributed by atoms with Gasteiger partial charge in [0.05, 0.1) is 0 Å². The molecule has 1 aromatic carbocycles. The number of rotatable bonds is 7. The van der Waals surface area contributed by atoms with Gasteiger partial charge in [-0.1, -0.05) is 32.0 Å². The molecule has 0 spiro atoms. The van der Waals surface area contributed by atoms with Crippen LogP contribution in [0.1, 0.15) is 20.8 Å². The van der Waals surface area contributed by atoms with Gasteiger partial charge >= 0.3 is 18.0 Å². The second-order valence-corrected chi connectivity index (χ2v) is 5.70. The van der Waals surface area contributed by atoms with E-state index >= 15 is 0 Å². The minimum atomic E-state index is -0.948. The van der Waals surface area contributed by atoms with Gasteiger partial charge in [0.2, 0.25) is 0 Å². The number of ether oxygens (including phenoxy) is 1. The van der Waals surface area contributed by atoms with Crippen molar-refractivity contribution in [2.75, 3.05) is 18.5 Å². The van der Waals surface area contributed by atoms with Crippen LogP contribution in [0.2, 0.25) is 0 Å². The smallest absolute Gasteiger partial charge is 0.329 e. The van der Waals surface area contributed by atoms with Crippen LogP contribution in [0.5, 0.6) is 0 Å². The van der Waals surface area contributed by atoms with Crippen molar-refractivity contribution in [3.8, 4) is 0 Å². The van der Waals surface area contributed by atoms with Gasteiger partial charge in [0, 0.05) is 12.2 Å². The molecule has 0 aliphatic carbocycles. The molecular formula is C17H24N4O5. The van der Waals surface area contributed by atoms with Crippen molar-refractivity contribution < 1.29 is 23.9 Å². The fourth-order valence-electron chi connectivity index (χ4n) is 1.92. The van der Waals surface area contributed by atoms with Crippen LogP contribution in [0.15, 0.2) is 30.3 Å². The normalized spacial score (nSPS) is 11.2. The van der Waals surface area contributed by atoms with Crippen LogP contribution in [0.4, 0.5) is 15.3 Å². The molecule has 0 radical (unpaired) electrons. The summed E-state index contributed by atoms with van der Waals surface area (Å²) in [6, 6.07) is 6.54. The molecule has 0 unspecified atom stereocenters. The lowest BCUT2D eigenvalue weighted by Gasteiger charge is -2.21. The molecule has 0 aliphatic rings. The van der Waals surface area contributed by atoms with Crippen LogP contribution in [-0.2, 0) is 14.3 Å². The second-order valence-electron chi connectivity index (χ2n) is 5.70. The van der Waals surface area contributed by atoms with Gasteiger partial charge in [-0.15, -0.1) is 0 Å². The molecule has 0 bridgehead atoms. The number of nitrogens with one attached hydrogen (secondary N) is 4. The van der Waals surface area contributed by atoms with Gasteiger partial charge in [-0.25, -0.2) is 14.4 Å². The predicted molar refractivity (Wildman–Crippen MR) is 95.4 cm³/mol. The number of amides is 5. The number of para-hydroxylation sites is 1. The van der Waals surface area contributed by atoms with Crippen LogP contribution >= 0.6 is 0 Å². The molecule has 9 nitrogen and oxygen atoms in total. The Labute approximate surface area is 151 Å². The highest BCUT2D eigenvalue weighted by Gasteiger charge is 2.26. The van der Waals surface area contributed by atoms with E-state index in [0.29, 0.717) is 12.2 Å². The Morgan fingerprint density at radius 3 is 2.27 bits per heavy atom. The first-order valence-electron chi connectivity index (χ1n) is 8.20. The summed E-state index contributed by atoms with van der Waals surface area (Å²) in [5.74, 6) is -1.80. The van der Waals surface area contributed by atoms with E-state index in [4.69, 9.17) is 4.74 Å². The predicted octanol–water partition coefficient (Wildman–Crippen LogP) is 1.22. The van der Waals surface area contributed by atoms with Gasteiger partial charge in [-0.3, -0.25) is 10.1 Å². The molecule has 0 saturated carbocycles. The monoisotopic (exact) mass is 364 g/mol. The van der Waals surface area contributed by atoms with E-state index in [9.17, 15) is 19.2 Å². The average molecular weight is 364 g/mol. The van der Waals surface area contributed by atoms with Crippen LogP contribution < -0.4 is 21.3 Å². The van der Waals surface area contributed by atoms with E-state index in [-0.39, 0.29) is 5.92 Å². The number of esters is 1. The third kappa shape index (κ3) is 7.65. The van der Waals surface area contributed by atoms with Gasteiger partial charge < -0.3 is 20.7 Å². The van der Waals surface area contributed by atoms with Gasteiger partial charge in [0.1, 0.15) is 6.04 Å². The van der Waals surface area contributed by atoms with Crippen LogP contribution in [-0.4, -0.2) is 43.1 Å². The average Bonchev–Trinajstić information content (AvgIpc) is 2.58. The first-order chi connectivity index (χ1) is 12.3. The molecule has 1 aromatic rings. The van der Waals surface area contributed by atoms with E-state index in [0.717, 1.165) is 0 Å². The number of anilines is 1. The van der Waals surface area contributed by atoms with Crippen LogP contribution in [0.3, 0.4) is 0 Å². The minimum absolute atomic E-state index is 0.268. The Morgan fingerprint density at radius 1 is 1.04 bits per heavy atom. The fraction of sp³-hybridized carbons (Fsp3) is 0.412. The van der Waals surface area contributed by atoms with Crippen molar-refractivity contribution in [2.24, 2.45) is 5.92 Å². The molecule has 26 heavy (non-hydrogen) atoms. The van der Waals surface area contributed by atoms with Crippen molar-refractivity contribution in [3.05, 3.63) is 30.3 Å². The summed E-state index contributed by atoms with van der Waals surface area (Å²) < 4.78 is 4.88. The topological polar surface area (TPSA) is 126 Å². The summed E-state index contributed by atoms with van der Waals surface area (Å²) in [7, 11) is 0. The third-order valence-corrected chi connectivity index (χ3v) is 3.17. The maximum atomic E-state index is 12.1. The maximum absolute atomic E-state index is 12.1. The lowest BCUT2D eigenvalue weighted by Crippen LogP contribution is -2.48. The number of hydrogen-bond acceptors (Lipinski definition) is 5. The summed E-state index contributed by atoms with van der Waals surface area (Å²) in [4.78, 5) is 46.9. The Hall–Kier alpha value is -3.10. The summed E-state index contributed by atoms with van der Waals surface area (Å²) >= 11 is 0. The molecule has 1 rings (SSSR count). The standard InChI is InChI=1S/C17H24N4O5/c1-4-18-16(24)20-13(22)10-26-15(23)14(11(2)3)21-17(25)19-12-8-6-5-7-9-12/h5-9,11,14H,4,10H2,1-3H3,(H2,19,21,25)(H2,18,20,22,24)/t14-/m0/s1. The molecule has 0 heterocycles. The zero-order valence-electron chi connectivity index (χ0n) is 15.0. The Kier molecular flexibility index (Phi) is 8.62. The Balaban J connectivity index is 2.52. The molecule has 142 valence electrons. The van der Waals surface area contributed by atoms with Crippen molar-refractivity contribution in [1.29, 1.82) is 0 Å². The summed E-state index contributed by atoms with van der Waals surface area (Å²) in [6.07, 6.45) is 0. The van der Waals surface area contributed by atoms with Crippen molar-refractivity contribution in [2.45, 2.75) is 26.8 Å². The molecule has 0 fully saturated rings. The zero-order valence-corrected chi connectivity index (χ0v) is 15.0. The zero-order chi connectivity index (χ0) is 19.5. The Morgan fingerprint density at radius 2 is 1.69 bits per heavy atom. The number of benzene rings is 1. The van der Waals surface area contributed by atoms with E-state index in [1.807, 2.05) is 11.4 Å². The van der Waals surface area contributed by atoms with E-state index in [2.05, 4.69) is 16.0 Å². The van der Waals surface area contributed by atoms with E-state index < -0.39 is 36.6 Å². The van der Waals surface area contributed by atoms with E-state index in [1.54, 1.807) is 45.0 Å². The highest BCUT2D eigenvalue weighted by molar-refractivity contribution is 5.96. The third-order valence-electron chi connectivity index (χ3n) is 3.17. The summed E-state index contributed by atoms with van der Waals surface area (Å²) in [6.45, 7) is 4.88. The Bertz CT molecular complexity index is 633. The lowest BCUT2D eigenvalue weighted by molar-refractivity contribution is -0.151. The summed E-state index contributed by atoms with van der Waals surface area (Å²) in [5, 5.41) is 9.50. The molecular weight excluding hydrogens is 340 g/mol. The number of carbonyl (C=O) groups is 4. The minimum Gasteiger partial charge on any atom is -0.454 e. The quantitative estimate of drug-likeness (QED) is 0.541. The molecule has 4 N–H and O–H groups in total. The molecule has 0 aliphatic heterocycles. The van der Waals surface area contributed by atoms with Crippen molar-refractivity contribution in [3.63, 3.8) is 0 Å². The highest BCUT2D eigenvalue weighted by Crippen LogP contribution is 2.07. The molecule has 0 aromatic heterocycles. The largest absolute Gasteiger partial charge is 0.454 e. The molecule has 9 heteroatoms. The number of hydrogen-bond donors (Lipinski definition) is 4. The maximum Gasteiger partial charge on any atom is 0.329 e. The lowest BCUT2D eigenvalue weighted by atomic mass is 10.1. The number of urea groups is 2. The number of imide groups is 1.